The fourth-order valence-electron chi connectivity index (χ4n) is 6.14. The standard InChI is InChI=1S/C35H47NO3/c1-3-4-6-12-28-18-20-29(21-19-28)33(37)16-11-24-36-25-22-32(23-26-36)35(38,31-14-7-5-8-15-31)27-30-13-9-10-17-34(30)39-2/h5,7-10,13-15,17-21,32-33,37-38H,3-4,6,11-12,16,22-27H2,1-2H3. The molecule has 2 unspecified atom stereocenters. The van der Waals surface area contributed by atoms with Gasteiger partial charge in [-0.25, -0.2) is 0 Å². The minimum Gasteiger partial charge on any atom is -0.496 e. The molecule has 4 rings (SSSR count). The zero-order valence-corrected chi connectivity index (χ0v) is 23.9. The molecule has 2 N–H and O–H groups in total. The molecular formula is C35H47NO3. The molecule has 3 aromatic carbocycles. The highest BCUT2D eigenvalue weighted by Crippen LogP contribution is 2.41. The fraction of sp³-hybridized carbons (Fsp3) is 0.486. The van der Waals surface area contributed by atoms with Crippen LogP contribution in [0.4, 0.5) is 0 Å². The summed E-state index contributed by atoms with van der Waals surface area (Å²) in [5.41, 5.74) is 3.47. The Morgan fingerprint density at radius 3 is 2.28 bits per heavy atom. The van der Waals surface area contributed by atoms with Crippen LogP contribution in [0.25, 0.3) is 0 Å². The average Bonchev–Trinajstić information content (AvgIpc) is 2.98. The summed E-state index contributed by atoms with van der Waals surface area (Å²) >= 11 is 0. The van der Waals surface area contributed by atoms with Crippen LogP contribution in [-0.2, 0) is 18.4 Å². The summed E-state index contributed by atoms with van der Waals surface area (Å²) in [5.74, 6) is 0.997. The summed E-state index contributed by atoms with van der Waals surface area (Å²) in [7, 11) is 1.69. The molecule has 0 spiro atoms. The number of methoxy groups -OCH3 is 1. The SMILES string of the molecule is CCCCCc1ccc(C(O)CCCN2CCC(C(O)(Cc3ccccc3OC)c3ccccc3)CC2)cc1. The third kappa shape index (κ3) is 7.94. The van der Waals surface area contributed by atoms with Crippen molar-refractivity contribution in [1.82, 2.24) is 4.90 Å². The zero-order chi connectivity index (χ0) is 27.5. The second-order valence-electron chi connectivity index (χ2n) is 11.3. The number of rotatable bonds is 14. The molecule has 1 aliphatic heterocycles. The van der Waals surface area contributed by atoms with E-state index in [4.69, 9.17) is 4.74 Å². The molecule has 1 saturated heterocycles. The minimum absolute atomic E-state index is 0.169. The maximum absolute atomic E-state index is 12.2. The first kappa shape index (κ1) is 29.3. The molecule has 3 aromatic rings. The van der Waals surface area contributed by atoms with Crippen molar-refractivity contribution in [2.45, 2.75) is 76.4 Å². The summed E-state index contributed by atoms with van der Waals surface area (Å²) in [6, 6.07) is 26.7. The highest BCUT2D eigenvalue weighted by Gasteiger charge is 2.40. The predicted molar refractivity (Wildman–Crippen MR) is 160 cm³/mol. The second-order valence-corrected chi connectivity index (χ2v) is 11.3. The first-order valence-corrected chi connectivity index (χ1v) is 14.9. The lowest BCUT2D eigenvalue weighted by molar-refractivity contribution is -0.0491. The number of ether oxygens (including phenoxy) is 1. The Kier molecular flexibility index (Phi) is 11.0. The number of aryl methyl sites for hydroxylation is 1. The van der Waals surface area contributed by atoms with Crippen LogP contribution in [0.3, 0.4) is 0 Å². The Hall–Kier alpha value is -2.66. The third-order valence-corrected chi connectivity index (χ3v) is 8.57. The van der Waals surface area contributed by atoms with E-state index in [-0.39, 0.29) is 5.92 Å². The van der Waals surface area contributed by atoms with Crippen LogP contribution in [0, 0.1) is 5.92 Å². The van der Waals surface area contributed by atoms with Crippen LogP contribution in [0.2, 0.25) is 0 Å². The van der Waals surface area contributed by atoms with Crippen molar-refractivity contribution in [2.24, 2.45) is 5.92 Å². The summed E-state index contributed by atoms with van der Waals surface area (Å²) in [4.78, 5) is 2.49. The number of unbranched alkanes of at least 4 members (excludes halogenated alkanes) is 2. The van der Waals surface area contributed by atoms with Gasteiger partial charge in [-0.05, 0) is 92.4 Å². The first-order valence-electron chi connectivity index (χ1n) is 14.9. The number of hydrogen-bond acceptors (Lipinski definition) is 4. The number of aliphatic hydroxyl groups is 2. The van der Waals surface area contributed by atoms with Gasteiger partial charge in [0.15, 0.2) is 0 Å². The van der Waals surface area contributed by atoms with E-state index in [0.717, 1.165) is 74.2 Å². The largest absolute Gasteiger partial charge is 0.496 e. The average molecular weight is 530 g/mol. The van der Waals surface area contributed by atoms with Crippen molar-refractivity contribution in [1.29, 1.82) is 0 Å². The van der Waals surface area contributed by atoms with E-state index in [2.05, 4.69) is 54.3 Å². The molecule has 4 nitrogen and oxygen atoms in total. The van der Waals surface area contributed by atoms with Crippen LogP contribution in [0.1, 0.15) is 80.2 Å². The Morgan fingerprint density at radius 1 is 0.897 bits per heavy atom. The van der Waals surface area contributed by atoms with E-state index in [1.54, 1.807) is 7.11 Å². The minimum atomic E-state index is -0.944. The van der Waals surface area contributed by atoms with Gasteiger partial charge in [0, 0.05) is 6.42 Å². The molecule has 1 fully saturated rings. The molecular weight excluding hydrogens is 482 g/mol. The summed E-state index contributed by atoms with van der Waals surface area (Å²) in [5, 5.41) is 23.0. The van der Waals surface area contributed by atoms with E-state index in [1.165, 1.54) is 24.8 Å². The maximum atomic E-state index is 12.2. The van der Waals surface area contributed by atoms with Gasteiger partial charge >= 0.3 is 0 Å². The number of likely N-dealkylation sites (tertiary alicyclic amines) is 1. The number of nitrogens with zero attached hydrogens (tertiary/aromatic N) is 1. The smallest absolute Gasteiger partial charge is 0.122 e. The van der Waals surface area contributed by atoms with E-state index in [0.29, 0.717) is 6.42 Å². The van der Waals surface area contributed by atoms with Crippen LogP contribution < -0.4 is 4.74 Å². The topological polar surface area (TPSA) is 52.9 Å². The second kappa shape index (κ2) is 14.6. The molecule has 210 valence electrons. The molecule has 0 amide bonds. The summed E-state index contributed by atoms with van der Waals surface area (Å²) in [6.07, 6.45) is 8.64. The number of hydrogen-bond donors (Lipinski definition) is 2. The number of aliphatic hydroxyl groups excluding tert-OH is 1. The van der Waals surface area contributed by atoms with E-state index in [1.807, 2.05) is 36.4 Å². The van der Waals surface area contributed by atoms with Crippen molar-refractivity contribution >= 4 is 0 Å². The monoisotopic (exact) mass is 529 g/mol. The van der Waals surface area contributed by atoms with E-state index >= 15 is 0 Å². The number of benzene rings is 3. The quantitative estimate of drug-likeness (QED) is 0.219. The fourth-order valence-corrected chi connectivity index (χ4v) is 6.14. The summed E-state index contributed by atoms with van der Waals surface area (Å²) in [6.45, 7) is 5.15. The molecule has 0 saturated carbocycles. The molecule has 0 bridgehead atoms. The highest BCUT2D eigenvalue weighted by atomic mass is 16.5. The van der Waals surface area contributed by atoms with Crippen molar-refractivity contribution in [2.75, 3.05) is 26.7 Å². The zero-order valence-electron chi connectivity index (χ0n) is 23.9. The van der Waals surface area contributed by atoms with Gasteiger partial charge in [0.1, 0.15) is 5.75 Å². The van der Waals surface area contributed by atoms with Gasteiger partial charge in [0.2, 0.25) is 0 Å². The van der Waals surface area contributed by atoms with Gasteiger partial charge < -0.3 is 19.8 Å². The lowest BCUT2D eigenvalue weighted by Crippen LogP contribution is -2.45. The summed E-state index contributed by atoms with van der Waals surface area (Å²) < 4.78 is 5.61. The van der Waals surface area contributed by atoms with Crippen LogP contribution in [0.5, 0.6) is 5.75 Å². The van der Waals surface area contributed by atoms with E-state index in [9.17, 15) is 10.2 Å². The normalized spacial score (nSPS) is 17.0. The van der Waals surface area contributed by atoms with Crippen molar-refractivity contribution < 1.29 is 14.9 Å². The van der Waals surface area contributed by atoms with Crippen LogP contribution in [-0.4, -0.2) is 41.9 Å². The van der Waals surface area contributed by atoms with Gasteiger partial charge in [-0.3, -0.25) is 0 Å². The predicted octanol–water partition coefficient (Wildman–Crippen LogP) is 7.08. The highest BCUT2D eigenvalue weighted by molar-refractivity contribution is 5.37. The Bertz CT molecular complexity index is 1110. The molecule has 39 heavy (non-hydrogen) atoms. The molecule has 1 heterocycles. The van der Waals surface area contributed by atoms with Crippen LogP contribution in [0.15, 0.2) is 78.9 Å². The van der Waals surface area contributed by atoms with Crippen molar-refractivity contribution in [3.8, 4) is 5.75 Å². The van der Waals surface area contributed by atoms with Crippen molar-refractivity contribution in [3.63, 3.8) is 0 Å². The van der Waals surface area contributed by atoms with Crippen LogP contribution >= 0.6 is 0 Å². The molecule has 0 radical (unpaired) electrons. The Labute approximate surface area is 235 Å². The van der Waals surface area contributed by atoms with Gasteiger partial charge in [-0.15, -0.1) is 0 Å². The van der Waals surface area contributed by atoms with Gasteiger partial charge in [-0.1, -0.05) is 92.6 Å². The molecule has 0 aliphatic carbocycles. The van der Waals surface area contributed by atoms with E-state index < -0.39 is 11.7 Å². The van der Waals surface area contributed by atoms with Crippen molar-refractivity contribution in [3.05, 3.63) is 101 Å². The first-order chi connectivity index (χ1) is 19.0. The molecule has 4 heteroatoms. The lowest BCUT2D eigenvalue weighted by Gasteiger charge is -2.42. The van der Waals surface area contributed by atoms with Gasteiger partial charge in [-0.2, -0.15) is 0 Å². The Morgan fingerprint density at radius 2 is 1.59 bits per heavy atom. The third-order valence-electron chi connectivity index (χ3n) is 8.57. The molecule has 2 atom stereocenters. The Balaban J connectivity index is 1.30. The van der Waals surface area contributed by atoms with Gasteiger partial charge in [0.05, 0.1) is 18.8 Å². The molecule has 1 aliphatic rings. The lowest BCUT2D eigenvalue weighted by atomic mass is 9.72. The number of para-hydroxylation sites is 1. The maximum Gasteiger partial charge on any atom is 0.122 e. The molecule has 0 aromatic heterocycles. The number of piperidine rings is 1. The van der Waals surface area contributed by atoms with Gasteiger partial charge in [0.25, 0.3) is 0 Å².